The first-order valence-electron chi connectivity index (χ1n) is 5.35. The summed E-state index contributed by atoms with van der Waals surface area (Å²) in [5, 5.41) is 19.5. The van der Waals surface area contributed by atoms with Gasteiger partial charge in [0.15, 0.2) is 5.78 Å². The number of anilines is 1. The molecule has 1 aromatic rings. The maximum Gasteiger partial charge on any atom is 0.293 e. The van der Waals surface area contributed by atoms with Crippen molar-refractivity contribution in [1.29, 1.82) is 5.26 Å². The average Bonchev–Trinajstić information content (AvgIpc) is 2.34. The summed E-state index contributed by atoms with van der Waals surface area (Å²) >= 11 is 0. The van der Waals surface area contributed by atoms with Gasteiger partial charge in [-0.25, -0.2) is 0 Å². The van der Waals surface area contributed by atoms with Crippen molar-refractivity contribution in [3.8, 4) is 6.07 Å². The van der Waals surface area contributed by atoms with Crippen molar-refractivity contribution in [3.63, 3.8) is 0 Å². The van der Waals surface area contributed by atoms with E-state index in [9.17, 15) is 14.9 Å². The van der Waals surface area contributed by atoms with Crippen LogP contribution in [0.5, 0.6) is 0 Å². The molecule has 0 aliphatic carbocycles. The van der Waals surface area contributed by atoms with Crippen LogP contribution >= 0.6 is 0 Å². The van der Waals surface area contributed by atoms with Gasteiger partial charge in [0.1, 0.15) is 5.69 Å². The zero-order chi connectivity index (χ0) is 13.7. The Morgan fingerprint density at radius 3 is 2.72 bits per heavy atom. The molecular formula is C12H13N3O3. The van der Waals surface area contributed by atoms with Crippen molar-refractivity contribution in [3.05, 3.63) is 33.9 Å². The second kappa shape index (κ2) is 5.77. The topological polar surface area (TPSA) is 87.2 Å². The van der Waals surface area contributed by atoms with Gasteiger partial charge in [-0.1, -0.05) is 0 Å². The Morgan fingerprint density at radius 1 is 1.56 bits per heavy atom. The molecule has 0 aromatic heterocycles. The molecule has 0 saturated heterocycles. The molecule has 0 spiro atoms. The van der Waals surface area contributed by atoms with E-state index in [1.54, 1.807) is 18.0 Å². The van der Waals surface area contributed by atoms with E-state index in [0.717, 1.165) is 0 Å². The lowest BCUT2D eigenvalue weighted by atomic mass is 10.1. The van der Waals surface area contributed by atoms with E-state index in [2.05, 4.69) is 0 Å². The number of Topliss-reactive ketones (excluding diaryl/α,β-unsaturated/α-hetero) is 1. The predicted molar refractivity (Wildman–Crippen MR) is 66.6 cm³/mol. The normalized spacial score (nSPS) is 9.61. The number of benzene rings is 1. The second-order valence-corrected chi connectivity index (χ2v) is 3.85. The molecule has 6 nitrogen and oxygen atoms in total. The summed E-state index contributed by atoms with van der Waals surface area (Å²) in [5.74, 6) is -0.218. The lowest BCUT2D eigenvalue weighted by molar-refractivity contribution is -0.384. The van der Waals surface area contributed by atoms with Gasteiger partial charge in [-0.15, -0.1) is 0 Å². The molecular weight excluding hydrogens is 234 g/mol. The summed E-state index contributed by atoms with van der Waals surface area (Å²) in [6.07, 6.45) is 0.280. The lowest BCUT2D eigenvalue weighted by Gasteiger charge is -2.17. The number of hydrogen-bond acceptors (Lipinski definition) is 5. The fraction of sp³-hybridized carbons (Fsp3) is 0.333. The number of hydrogen-bond donors (Lipinski definition) is 0. The number of nitriles is 1. The maximum atomic E-state index is 11.2. The van der Waals surface area contributed by atoms with E-state index in [1.807, 2.05) is 6.07 Å². The molecule has 1 rings (SSSR count). The van der Waals surface area contributed by atoms with Crippen molar-refractivity contribution in [1.82, 2.24) is 0 Å². The standard InChI is InChI=1S/C12H13N3O3/c1-9(16)10-4-5-11(12(8-10)15(17)18)14(2)7-3-6-13/h4-5,8H,3,7H2,1-2H3. The summed E-state index contributed by atoms with van der Waals surface area (Å²) in [5.41, 5.74) is 0.586. The van der Waals surface area contributed by atoms with E-state index in [-0.39, 0.29) is 17.9 Å². The first-order chi connectivity index (χ1) is 8.47. The smallest absolute Gasteiger partial charge is 0.293 e. The van der Waals surface area contributed by atoms with Crippen molar-refractivity contribution in [2.45, 2.75) is 13.3 Å². The van der Waals surface area contributed by atoms with Crippen molar-refractivity contribution < 1.29 is 9.72 Å². The number of ketones is 1. The molecule has 0 bridgehead atoms. The zero-order valence-corrected chi connectivity index (χ0v) is 10.2. The Bertz CT molecular complexity index is 520. The molecule has 18 heavy (non-hydrogen) atoms. The largest absolute Gasteiger partial charge is 0.368 e. The fourth-order valence-electron chi connectivity index (χ4n) is 1.55. The first-order valence-corrected chi connectivity index (χ1v) is 5.35. The summed E-state index contributed by atoms with van der Waals surface area (Å²) in [6.45, 7) is 1.76. The maximum absolute atomic E-state index is 11.2. The van der Waals surface area contributed by atoms with Gasteiger partial charge in [-0.05, 0) is 19.1 Å². The Labute approximate surface area is 105 Å². The number of rotatable bonds is 5. The summed E-state index contributed by atoms with van der Waals surface area (Å²) in [4.78, 5) is 23.3. The zero-order valence-electron chi connectivity index (χ0n) is 10.2. The minimum atomic E-state index is -0.523. The second-order valence-electron chi connectivity index (χ2n) is 3.85. The van der Waals surface area contributed by atoms with Gasteiger partial charge in [0, 0.05) is 25.2 Å². The molecule has 0 aliphatic heterocycles. The Hall–Kier alpha value is -2.42. The van der Waals surface area contributed by atoms with Crippen LogP contribution in [0.25, 0.3) is 0 Å². The number of nitro groups is 1. The van der Waals surface area contributed by atoms with E-state index >= 15 is 0 Å². The summed E-state index contributed by atoms with van der Waals surface area (Å²) < 4.78 is 0. The Balaban J connectivity index is 3.16. The number of carbonyl (C=O) groups excluding carboxylic acids is 1. The highest BCUT2D eigenvalue weighted by atomic mass is 16.6. The third-order valence-corrected chi connectivity index (χ3v) is 2.55. The highest BCUT2D eigenvalue weighted by Crippen LogP contribution is 2.28. The third kappa shape index (κ3) is 3.04. The molecule has 0 atom stereocenters. The van der Waals surface area contributed by atoms with Gasteiger partial charge < -0.3 is 4.90 Å². The van der Waals surface area contributed by atoms with Crippen LogP contribution in [0.2, 0.25) is 0 Å². The minimum Gasteiger partial charge on any atom is -0.368 e. The number of nitro benzene ring substituents is 1. The Kier molecular flexibility index (Phi) is 4.38. The molecule has 94 valence electrons. The van der Waals surface area contributed by atoms with Crippen LogP contribution in [0, 0.1) is 21.4 Å². The van der Waals surface area contributed by atoms with E-state index in [0.29, 0.717) is 17.8 Å². The van der Waals surface area contributed by atoms with Crippen LogP contribution < -0.4 is 4.90 Å². The van der Waals surface area contributed by atoms with Crippen LogP contribution in [0.3, 0.4) is 0 Å². The predicted octanol–water partition coefficient (Wildman–Crippen LogP) is 2.15. The van der Waals surface area contributed by atoms with Gasteiger partial charge in [0.2, 0.25) is 0 Å². The van der Waals surface area contributed by atoms with Crippen LogP contribution in [0.4, 0.5) is 11.4 Å². The first kappa shape index (κ1) is 13.6. The van der Waals surface area contributed by atoms with Gasteiger partial charge in [-0.3, -0.25) is 14.9 Å². The molecule has 0 heterocycles. The van der Waals surface area contributed by atoms with Crippen molar-refractivity contribution in [2.24, 2.45) is 0 Å². The fourth-order valence-corrected chi connectivity index (χ4v) is 1.55. The van der Waals surface area contributed by atoms with Gasteiger partial charge >= 0.3 is 0 Å². The summed E-state index contributed by atoms with van der Waals surface area (Å²) in [6, 6.07) is 6.33. The lowest BCUT2D eigenvalue weighted by Crippen LogP contribution is -2.19. The summed E-state index contributed by atoms with van der Waals surface area (Å²) in [7, 11) is 1.67. The van der Waals surface area contributed by atoms with Crippen LogP contribution in [-0.2, 0) is 0 Å². The molecule has 0 amide bonds. The van der Waals surface area contributed by atoms with E-state index in [4.69, 9.17) is 5.26 Å². The molecule has 0 saturated carbocycles. The highest BCUT2D eigenvalue weighted by molar-refractivity contribution is 5.95. The van der Waals surface area contributed by atoms with Crippen LogP contribution in [0.1, 0.15) is 23.7 Å². The SMILES string of the molecule is CC(=O)c1ccc(N(C)CCC#N)c([N+](=O)[O-])c1. The molecule has 0 N–H and O–H groups in total. The number of nitrogens with zero attached hydrogens (tertiary/aromatic N) is 3. The van der Waals surface area contributed by atoms with Crippen LogP contribution in [-0.4, -0.2) is 24.3 Å². The minimum absolute atomic E-state index is 0.122. The molecule has 1 aromatic carbocycles. The molecule has 0 aliphatic rings. The van der Waals surface area contributed by atoms with Gasteiger partial charge in [-0.2, -0.15) is 5.26 Å². The third-order valence-electron chi connectivity index (χ3n) is 2.55. The highest BCUT2D eigenvalue weighted by Gasteiger charge is 2.18. The van der Waals surface area contributed by atoms with Crippen molar-refractivity contribution >= 4 is 17.2 Å². The monoisotopic (exact) mass is 247 g/mol. The molecule has 0 radical (unpaired) electrons. The number of carbonyl (C=O) groups is 1. The molecule has 6 heteroatoms. The van der Waals surface area contributed by atoms with Crippen molar-refractivity contribution in [2.75, 3.05) is 18.5 Å². The molecule has 0 fully saturated rings. The van der Waals surface area contributed by atoms with Gasteiger partial charge in [0.05, 0.1) is 17.4 Å². The quantitative estimate of drug-likeness (QED) is 0.452. The average molecular weight is 247 g/mol. The van der Waals surface area contributed by atoms with Crippen LogP contribution in [0.15, 0.2) is 18.2 Å². The molecule has 0 unspecified atom stereocenters. The van der Waals surface area contributed by atoms with E-state index < -0.39 is 4.92 Å². The van der Waals surface area contributed by atoms with E-state index in [1.165, 1.54) is 19.1 Å². The Morgan fingerprint density at radius 2 is 2.22 bits per heavy atom. The van der Waals surface area contributed by atoms with Gasteiger partial charge in [0.25, 0.3) is 5.69 Å².